The maximum Gasteiger partial charge on any atom is 0.307 e. The largest absolute Gasteiger partial charge is 0.432 e. The van der Waals surface area contributed by atoms with Crippen LogP contribution >= 0.6 is 0 Å². The fourth-order valence-electron chi connectivity index (χ4n) is 1.11. The average Bonchev–Trinajstić information content (AvgIpc) is 2.13. The zero-order valence-corrected chi connectivity index (χ0v) is 8.91. The van der Waals surface area contributed by atoms with Crippen LogP contribution in [0.25, 0.3) is 0 Å². The summed E-state index contributed by atoms with van der Waals surface area (Å²) in [5, 5.41) is 0. The van der Waals surface area contributed by atoms with Gasteiger partial charge in [0.2, 0.25) is 0 Å². The smallest absolute Gasteiger partial charge is 0.307 e. The highest BCUT2D eigenvalue weighted by molar-refractivity contribution is 5.67. The molecule has 14 heavy (non-hydrogen) atoms. The fourth-order valence-corrected chi connectivity index (χ4v) is 1.11. The summed E-state index contributed by atoms with van der Waals surface area (Å²) in [6, 6.07) is 0. The highest BCUT2D eigenvalue weighted by Crippen LogP contribution is 2.11. The minimum Gasteiger partial charge on any atom is -0.432 e. The summed E-state index contributed by atoms with van der Waals surface area (Å²) in [5.41, 5.74) is 0. The number of ether oxygens (including phenoxy) is 1. The van der Waals surface area contributed by atoms with Crippen molar-refractivity contribution < 1.29 is 14.3 Å². The van der Waals surface area contributed by atoms with Crippen LogP contribution < -0.4 is 0 Å². The number of rotatable bonds is 7. The van der Waals surface area contributed by atoms with Gasteiger partial charge in [-0.25, -0.2) is 0 Å². The summed E-state index contributed by atoms with van der Waals surface area (Å²) in [7, 11) is 0. The molecule has 0 aliphatic rings. The number of allylic oxidation sites excluding steroid dienone is 2. The second kappa shape index (κ2) is 8.48. The summed E-state index contributed by atoms with van der Waals surface area (Å²) >= 11 is 0. The molecule has 0 atom stereocenters. The highest BCUT2D eigenvalue weighted by atomic mass is 16.5. The monoisotopic (exact) mass is 198 g/mol. The van der Waals surface area contributed by atoms with Crippen molar-refractivity contribution in [1.29, 1.82) is 0 Å². The first-order valence-corrected chi connectivity index (χ1v) is 5.01. The summed E-state index contributed by atoms with van der Waals surface area (Å²) < 4.78 is 4.96. The van der Waals surface area contributed by atoms with Gasteiger partial charge < -0.3 is 9.53 Å². The van der Waals surface area contributed by atoms with Crippen LogP contribution in [0.2, 0.25) is 0 Å². The van der Waals surface area contributed by atoms with Crippen LogP contribution in [0.1, 0.15) is 46.0 Å². The highest BCUT2D eigenvalue weighted by Gasteiger charge is 2.01. The van der Waals surface area contributed by atoms with Crippen molar-refractivity contribution in [2.24, 2.45) is 0 Å². The van der Waals surface area contributed by atoms with Gasteiger partial charge in [-0.1, -0.05) is 19.8 Å². The Kier molecular flexibility index (Phi) is 7.80. The fraction of sp³-hybridized carbons (Fsp3) is 0.636. The molecule has 3 nitrogen and oxygen atoms in total. The standard InChI is InChI=1S/C11H18O3/c1-3-4-5-7-11(8-6-9-12)14-10(2)13/h8-9H,3-7H2,1-2H3. The Morgan fingerprint density at radius 1 is 1.36 bits per heavy atom. The Morgan fingerprint density at radius 3 is 2.57 bits per heavy atom. The number of esters is 1. The molecule has 0 aliphatic heterocycles. The lowest BCUT2D eigenvalue weighted by molar-refractivity contribution is -0.137. The van der Waals surface area contributed by atoms with Crippen molar-refractivity contribution in [2.75, 3.05) is 0 Å². The molecule has 0 bridgehead atoms. The quantitative estimate of drug-likeness (QED) is 0.273. The lowest BCUT2D eigenvalue weighted by atomic mass is 10.1. The van der Waals surface area contributed by atoms with Crippen molar-refractivity contribution in [1.82, 2.24) is 0 Å². The molecule has 0 heterocycles. The Balaban J connectivity index is 3.96. The van der Waals surface area contributed by atoms with Gasteiger partial charge in [0.05, 0.1) is 0 Å². The van der Waals surface area contributed by atoms with E-state index in [2.05, 4.69) is 6.92 Å². The zero-order chi connectivity index (χ0) is 10.8. The summed E-state index contributed by atoms with van der Waals surface area (Å²) in [6.45, 7) is 3.48. The van der Waals surface area contributed by atoms with Crippen LogP contribution in [-0.4, -0.2) is 12.3 Å². The number of carbonyl (C=O) groups is 2. The number of carbonyl (C=O) groups excluding carboxylic acids is 2. The summed E-state index contributed by atoms with van der Waals surface area (Å²) in [5.74, 6) is 0.302. The molecule has 0 saturated heterocycles. The van der Waals surface area contributed by atoms with Gasteiger partial charge in [-0.2, -0.15) is 0 Å². The predicted octanol–water partition coefficient (Wildman–Crippen LogP) is 2.60. The third kappa shape index (κ3) is 7.53. The lowest BCUT2D eigenvalue weighted by Gasteiger charge is -2.05. The predicted molar refractivity (Wildman–Crippen MR) is 54.7 cm³/mol. The van der Waals surface area contributed by atoms with Gasteiger partial charge in [0.15, 0.2) is 0 Å². The van der Waals surface area contributed by atoms with Crippen molar-refractivity contribution in [2.45, 2.75) is 46.0 Å². The van der Waals surface area contributed by atoms with Crippen molar-refractivity contribution in [3.05, 3.63) is 11.8 Å². The summed E-state index contributed by atoms with van der Waals surface area (Å²) in [4.78, 5) is 20.8. The van der Waals surface area contributed by atoms with Gasteiger partial charge in [-0.05, 0) is 12.5 Å². The molecular weight excluding hydrogens is 180 g/mol. The normalized spacial score (nSPS) is 11.1. The van der Waals surface area contributed by atoms with E-state index in [1.807, 2.05) is 0 Å². The maximum absolute atomic E-state index is 10.7. The average molecular weight is 198 g/mol. The van der Waals surface area contributed by atoms with Crippen LogP contribution in [0.4, 0.5) is 0 Å². The molecule has 3 heteroatoms. The summed E-state index contributed by atoms with van der Waals surface area (Å²) in [6.07, 6.45) is 6.75. The molecule has 0 aromatic rings. The number of hydrogen-bond donors (Lipinski definition) is 0. The topological polar surface area (TPSA) is 43.4 Å². The zero-order valence-electron chi connectivity index (χ0n) is 8.91. The van der Waals surface area contributed by atoms with Gasteiger partial charge >= 0.3 is 5.97 Å². The van der Waals surface area contributed by atoms with Gasteiger partial charge in [-0.15, -0.1) is 0 Å². The molecule has 0 saturated carbocycles. The number of unbranched alkanes of at least 4 members (excludes halogenated alkanes) is 2. The van der Waals surface area contributed by atoms with E-state index in [1.165, 1.54) is 6.92 Å². The van der Waals surface area contributed by atoms with Gasteiger partial charge in [-0.3, -0.25) is 4.79 Å². The Morgan fingerprint density at radius 2 is 2.07 bits per heavy atom. The van der Waals surface area contributed by atoms with Crippen molar-refractivity contribution in [3.8, 4) is 0 Å². The molecule has 0 N–H and O–H groups in total. The van der Waals surface area contributed by atoms with Gasteiger partial charge in [0, 0.05) is 19.8 Å². The lowest BCUT2D eigenvalue weighted by Crippen LogP contribution is -1.99. The maximum atomic E-state index is 10.7. The van der Waals surface area contributed by atoms with E-state index in [-0.39, 0.29) is 5.97 Å². The van der Waals surface area contributed by atoms with Crippen LogP contribution in [0.3, 0.4) is 0 Å². The molecule has 0 amide bonds. The minimum atomic E-state index is -0.321. The molecule has 0 rings (SSSR count). The minimum absolute atomic E-state index is 0.314. The van der Waals surface area contributed by atoms with Crippen LogP contribution in [0, 0.1) is 0 Å². The molecule has 0 aliphatic carbocycles. The van der Waals surface area contributed by atoms with E-state index in [0.29, 0.717) is 12.2 Å². The van der Waals surface area contributed by atoms with Crippen LogP contribution in [0.5, 0.6) is 0 Å². The van der Waals surface area contributed by atoms with E-state index < -0.39 is 0 Å². The SMILES string of the molecule is CCCCCC(=CCC=O)OC(C)=O. The number of aldehydes is 1. The second-order valence-corrected chi connectivity index (χ2v) is 3.12. The molecule has 0 aromatic heterocycles. The Labute approximate surface area is 85.1 Å². The first-order chi connectivity index (χ1) is 6.70. The third-order valence-corrected chi connectivity index (χ3v) is 1.74. The number of hydrogen-bond acceptors (Lipinski definition) is 3. The molecule has 0 fully saturated rings. The molecule has 80 valence electrons. The van der Waals surface area contributed by atoms with Gasteiger partial charge in [0.1, 0.15) is 12.0 Å². The molecule has 0 spiro atoms. The molecule has 0 aromatic carbocycles. The molecule has 0 radical (unpaired) electrons. The third-order valence-electron chi connectivity index (χ3n) is 1.74. The van der Waals surface area contributed by atoms with E-state index in [9.17, 15) is 9.59 Å². The molecule has 0 unspecified atom stereocenters. The van der Waals surface area contributed by atoms with E-state index in [1.54, 1.807) is 6.08 Å². The van der Waals surface area contributed by atoms with Gasteiger partial charge in [0.25, 0.3) is 0 Å². The first kappa shape index (κ1) is 12.9. The van der Waals surface area contributed by atoms with E-state index in [4.69, 9.17) is 4.74 Å². The Bertz CT molecular complexity index is 207. The van der Waals surface area contributed by atoms with E-state index >= 15 is 0 Å². The van der Waals surface area contributed by atoms with Crippen molar-refractivity contribution >= 4 is 12.3 Å². The first-order valence-electron chi connectivity index (χ1n) is 5.01. The second-order valence-electron chi connectivity index (χ2n) is 3.12. The van der Waals surface area contributed by atoms with Crippen molar-refractivity contribution in [3.63, 3.8) is 0 Å². The van der Waals surface area contributed by atoms with Crippen LogP contribution in [-0.2, 0) is 14.3 Å². The van der Waals surface area contributed by atoms with E-state index in [0.717, 1.165) is 32.0 Å². The molecular formula is C11H18O3. The Hall–Kier alpha value is -1.12. The van der Waals surface area contributed by atoms with Crippen LogP contribution in [0.15, 0.2) is 11.8 Å².